The van der Waals surface area contributed by atoms with Gasteiger partial charge in [-0.2, -0.15) is 0 Å². The van der Waals surface area contributed by atoms with Gasteiger partial charge in [0.25, 0.3) is 0 Å². The first-order valence-corrected chi connectivity index (χ1v) is 7.24. The minimum Gasteiger partial charge on any atom is -0.326 e. The standard InChI is InChI=1S/C16H25FN2/c1-11-8-9-19(10-12(11)2)16(13(3)18)14-6-4-5-7-15(14)17/h4-7,11-13,16H,8-10,18H2,1-3H3. The monoisotopic (exact) mass is 264 g/mol. The summed E-state index contributed by atoms with van der Waals surface area (Å²) in [6, 6.07) is 6.93. The van der Waals surface area contributed by atoms with Gasteiger partial charge < -0.3 is 5.73 Å². The van der Waals surface area contributed by atoms with E-state index in [0.717, 1.165) is 24.6 Å². The second-order valence-electron chi connectivity index (χ2n) is 6.06. The summed E-state index contributed by atoms with van der Waals surface area (Å²) in [5, 5.41) is 0. The van der Waals surface area contributed by atoms with E-state index in [1.807, 2.05) is 19.1 Å². The number of piperidine rings is 1. The molecule has 2 nitrogen and oxygen atoms in total. The smallest absolute Gasteiger partial charge is 0.128 e. The third-order valence-corrected chi connectivity index (χ3v) is 4.48. The summed E-state index contributed by atoms with van der Waals surface area (Å²) in [7, 11) is 0. The normalized spacial score (nSPS) is 28.1. The lowest BCUT2D eigenvalue weighted by atomic mass is 9.86. The van der Waals surface area contributed by atoms with Crippen LogP contribution in [0, 0.1) is 17.7 Å². The molecule has 0 aromatic heterocycles. The Hall–Kier alpha value is -0.930. The Morgan fingerprint density at radius 1 is 1.26 bits per heavy atom. The molecule has 1 aromatic carbocycles. The number of hydrogen-bond acceptors (Lipinski definition) is 2. The Morgan fingerprint density at radius 3 is 2.53 bits per heavy atom. The molecule has 0 radical (unpaired) electrons. The average molecular weight is 264 g/mol. The molecule has 0 amide bonds. The Bertz CT molecular complexity index is 419. The highest BCUT2D eigenvalue weighted by Crippen LogP contribution is 2.32. The van der Waals surface area contributed by atoms with Gasteiger partial charge in [0.2, 0.25) is 0 Å². The number of hydrogen-bond donors (Lipinski definition) is 1. The highest BCUT2D eigenvalue weighted by atomic mass is 19.1. The van der Waals surface area contributed by atoms with Gasteiger partial charge in [-0.3, -0.25) is 4.90 Å². The fraction of sp³-hybridized carbons (Fsp3) is 0.625. The van der Waals surface area contributed by atoms with Crippen LogP contribution in [0.1, 0.15) is 38.8 Å². The fourth-order valence-electron chi connectivity index (χ4n) is 3.08. The molecule has 4 unspecified atom stereocenters. The minimum atomic E-state index is -0.143. The summed E-state index contributed by atoms with van der Waals surface area (Å²) in [4.78, 5) is 2.35. The summed E-state index contributed by atoms with van der Waals surface area (Å²) < 4.78 is 14.0. The van der Waals surface area contributed by atoms with Crippen molar-refractivity contribution in [2.75, 3.05) is 13.1 Å². The topological polar surface area (TPSA) is 29.3 Å². The van der Waals surface area contributed by atoms with E-state index >= 15 is 0 Å². The quantitative estimate of drug-likeness (QED) is 0.908. The molecule has 0 bridgehead atoms. The molecule has 0 spiro atoms. The van der Waals surface area contributed by atoms with Crippen LogP contribution in [0.5, 0.6) is 0 Å². The van der Waals surface area contributed by atoms with Gasteiger partial charge in [0.05, 0.1) is 6.04 Å². The number of benzene rings is 1. The minimum absolute atomic E-state index is 0.0175. The lowest BCUT2D eigenvalue weighted by molar-refractivity contribution is 0.0834. The molecule has 2 N–H and O–H groups in total. The molecule has 0 aliphatic carbocycles. The van der Waals surface area contributed by atoms with Gasteiger partial charge >= 0.3 is 0 Å². The first kappa shape index (κ1) is 14.5. The predicted molar refractivity (Wildman–Crippen MR) is 77.3 cm³/mol. The maximum absolute atomic E-state index is 14.0. The fourth-order valence-corrected chi connectivity index (χ4v) is 3.08. The van der Waals surface area contributed by atoms with Crippen LogP contribution in [0.2, 0.25) is 0 Å². The van der Waals surface area contributed by atoms with E-state index in [9.17, 15) is 4.39 Å². The largest absolute Gasteiger partial charge is 0.326 e. The molecule has 4 atom stereocenters. The molecular weight excluding hydrogens is 239 g/mol. The van der Waals surface area contributed by atoms with Gasteiger partial charge in [-0.15, -0.1) is 0 Å². The molecule has 0 saturated carbocycles. The molecule has 1 fully saturated rings. The Balaban J connectivity index is 2.24. The van der Waals surface area contributed by atoms with Gasteiger partial charge in [-0.25, -0.2) is 4.39 Å². The summed E-state index contributed by atoms with van der Waals surface area (Å²) in [5.41, 5.74) is 6.88. The zero-order valence-corrected chi connectivity index (χ0v) is 12.1. The van der Waals surface area contributed by atoms with Crippen molar-refractivity contribution in [3.63, 3.8) is 0 Å². The maximum atomic E-state index is 14.0. The van der Waals surface area contributed by atoms with Crippen molar-refractivity contribution in [3.8, 4) is 0 Å². The third kappa shape index (κ3) is 3.15. The van der Waals surface area contributed by atoms with Crippen LogP contribution in [-0.4, -0.2) is 24.0 Å². The van der Waals surface area contributed by atoms with E-state index in [-0.39, 0.29) is 17.9 Å². The number of nitrogens with two attached hydrogens (primary N) is 1. The molecule has 19 heavy (non-hydrogen) atoms. The highest BCUT2D eigenvalue weighted by molar-refractivity contribution is 5.23. The van der Waals surface area contributed by atoms with Crippen LogP contribution in [0.4, 0.5) is 4.39 Å². The molecular formula is C16H25FN2. The zero-order valence-electron chi connectivity index (χ0n) is 12.1. The molecule has 1 saturated heterocycles. The summed E-state index contributed by atoms with van der Waals surface area (Å²) in [6.07, 6.45) is 1.17. The average Bonchev–Trinajstić information content (AvgIpc) is 2.36. The molecule has 106 valence electrons. The van der Waals surface area contributed by atoms with Crippen LogP contribution in [-0.2, 0) is 0 Å². The molecule has 1 aromatic rings. The first-order valence-electron chi connectivity index (χ1n) is 7.24. The molecule has 1 aliphatic rings. The molecule has 1 aliphatic heterocycles. The van der Waals surface area contributed by atoms with Gasteiger partial charge in [-0.05, 0) is 37.8 Å². The Labute approximate surface area is 115 Å². The van der Waals surface area contributed by atoms with E-state index in [4.69, 9.17) is 5.73 Å². The number of nitrogens with zero attached hydrogens (tertiary/aromatic N) is 1. The highest BCUT2D eigenvalue weighted by Gasteiger charge is 2.31. The van der Waals surface area contributed by atoms with Crippen LogP contribution in [0.25, 0.3) is 0 Å². The van der Waals surface area contributed by atoms with Gasteiger partial charge in [0, 0.05) is 18.2 Å². The molecule has 1 heterocycles. The van der Waals surface area contributed by atoms with Crippen LogP contribution in [0.15, 0.2) is 24.3 Å². The van der Waals surface area contributed by atoms with Crippen molar-refractivity contribution in [1.29, 1.82) is 0 Å². The lowest BCUT2D eigenvalue weighted by Crippen LogP contribution is -2.46. The van der Waals surface area contributed by atoms with Crippen LogP contribution < -0.4 is 5.73 Å². The predicted octanol–water partition coefficient (Wildman–Crippen LogP) is 3.19. The molecule has 2 rings (SSSR count). The van der Waals surface area contributed by atoms with Crippen molar-refractivity contribution < 1.29 is 4.39 Å². The van der Waals surface area contributed by atoms with E-state index in [0.29, 0.717) is 5.92 Å². The SMILES string of the molecule is CC(N)C(c1ccccc1F)N1CCC(C)C(C)C1. The summed E-state index contributed by atoms with van der Waals surface area (Å²) in [5.74, 6) is 1.24. The summed E-state index contributed by atoms with van der Waals surface area (Å²) >= 11 is 0. The lowest BCUT2D eigenvalue weighted by Gasteiger charge is -2.42. The van der Waals surface area contributed by atoms with Gasteiger partial charge in [0.15, 0.2) is 0 Å². The van der Waals surface area contributed by atoms with Crippen molar-refractivity contribution in [2.45, 2.75) is 39.3 Å². The van der Waals surface area contributed by atoms with Gasteiger partial charge in [-0.1, -0.05) is 32.0 Å². The summed E-state index contributed by atoms with van der Waals surface area (Å²) in [6.45, 7) is 8.55. The van der Waals surface area contributed by atoms with Crippen molar-refractivity contribution >= 4 is 0 Å². The number of likely N-dealkylation sites (tertiary alicyclic amines) is 1. The second kappa shape index (κ2) is 6.02. The Morgan fingerprint density at radius 2 is 1.95 bits per heavy atom. The third-order valence-electron chi connectivity index (χ3n) is 4.48. The second-order valence-corrected chi connectivity index (χ2v) is 6.06. The van der Waals surface area contributed by atoms with E-state index in [1.54, 1.807) is 6.07 Å². The van der Waals surface area contributed by atoms with E-state index < -0.39 is 0 Å². The number of halogens is 1. The van der Waals surface area contributed by atoms with Crippen molar-refractivity contribution in [2.24, 2.45) is 17.6 Å². The zero-order chi connectivity index (χ0) is 14.0. The Kier molecular flexibility index (Phi) is 4.58. The van der Waals surface area contributed by atoms with E-state index in [2.05, 4.69) is 18.7 Å². The van der Waals surface area contributed by atoms with Crippen LogP contribution in [0.3, 0.4) is 0 Å². The first-order chi connectivity index (χ1) is 9.00. The van der Waals surface area contributed by atoms with Crippen molar-refractivity contribution in [1.82, 2.24) is 4.90 Å². The number of rotatable bonds is 3. The van der Waals surface area contributed by atoms with Crippen LogP contribution >= 0.6 is 0 Å². The maximum Gasteiger partial charge on any atom is 0.128 e. The van der Waals surface area contributed by atoms with Crippen molar-refractivity contribution in [3.05, 3.63) is 35.6 Å². The van der Waals surface area contributed by atoms with Gasteiger partial charge in [0.1, 0.15) is 5.82 Å². The van der Waals surface area contributed by atoms with E-state index in [1.165, 1.54) is 12.5 Å². The molecule has 3 heteroatoms.